The molecule has 102 valence electrons. The molecule has 0 atom stereocenters. The molecule has 2 aromatic carbocycles. The lowest BCUT2D eigenvalue weighted by Gasteiger charge is -2.06. The molecule has 0 aliphatic rings. The van der Waals surface area contributed by atoms with Crippen LogP contribution in [-0.2, 0) is 4.79 Å². The molecule has 0 spiro atoms. The summed E-state index contributed by atoms with van der Waals surface area (Å²) in [5.41, 5.74) is 0.375. The first-order valence-corrected chi connectivity index (χ1v) is 6.66. The molecule has 20 heavy (non-hydrogen) atoms. The van der Waals surface area contributed by atoms with Crippen LogP contribution in [-0.4, -0.2) is 10.8 Å². The van der Waals surface area contributed by atoms with Crippen molar-refractivity contribution >= 4 is 29.0 Å². The SMILES string of the molecule is CC(=O)Nc1cc(Sc2ccccc2)cc([N+](=O)[O-])c1. The monoisotopic (exact) mass is 288 g/mol. The van der Waals surface area contributed by atoms with Crippen LogP contribution in [0.5, 0.6) is 0 Å². The minimum Gasteiger partial charge on any atom is -0.326 e. The second-order valence-electron chi connectivity index (χ2n) is 4.07. The van der Waals surface area contributed by atoms with Crippen LogP contribution in [0.3, 0.4) is 0 Å². The highest BCUT2D eigenvalue weighted by Crippen LogP contribution is 2.32. The van der Waals surface area contributed by atoms with Crippen molar-refractivity contribution in [2.24, 2.45) is 0 Å². The third-order valence-electron chi connectivity index (χ3n) is 2.40. The van der Waals surface area contributed by atoms with Gasteiger partial charge in [0.15, 0.2) is 0 Å². The molecule has 0 aliphatic heterocycles. The minimum absolute atomic E-state index is 0.0466. The van der Waals surface area contributed by atoms with Gasteiger partial charge in [-0.3, -0.25) is 14.9 Å². The van der Waals surface area contributed by atoms with E-state index < -0.39 is 4.92 Å². The smallest absolute Gasteiger partial charge is 0.272 e. The first-order chi connectivity index (χ1) is 9.54. The van der Waals surface area contributed by atoms with Gasteiger partial charge in [0, 0.05) is 34.5 Å². The number of carbonyl (C=O) groups excluding carboxylic acids is 1. The number of hydrogen-bond donors (Lipinski definition) is 1. The number of nitro groups is 1. The van der Waals surface area contributed by atoms with Crippen molar-refractivity contribution in [3.8, 4) is 0 Å². The molecule has 6 heteroatoms. The predicted octanol–water partition coefficient (Wildman–Crippen LogP) is 3.70. The summed E-state index contributed by atoms with van der Waals surface area (Å²) in [5, 5.41) is 13.5. The van der Waals surface area contributed by atoms with Crippen molar-refractivity contribution in [3.05, 3.63) is 58.6 Å². The third-order valence-corrected chi connectivity index (χ3v) is 3.38. The molecule has 0 aliphatic carbocycles. The highest BCUT2D eigenvalue weighted by Gasteiger charge is 2.11. The van der Waals surface area contributed by atoms with Crippen molar-refractivity contribution in [2.45, 2.75) is 16.7 Å². The van der Waals surface area contributed by atoms with E-state index in [0.717, 1.165) is 4.90 Å². The van der Waals surface area contributed by atoms with Crippen LogP contribution < -0.4 is 5.32 Å². The zero-order chi connectivity index (χ0) is 14.5. The summed E-state index contributed by atoms with van der Waals surface area (Å²) in [6.45, 7) is 1.36. The van der Waals surface area contributed by atoms with Crippen molar-refractivity contribution in [1.82, 2.24) is 0 Å². The molecule has 2 aromatic rings. The fourth-order valence-corrected chi connectivity index (χ4v) is 2.58. The number of nitrogens with one attached hydrogen (secondary N) is 1. The van der Waals surface area contributed by atoms with E-state index >= 15 is 0 Å². The maximum absolute atomic E-state index is 11.1. The van der Waals surface area contributed by atoms with Crippen LogP contribution in [0.4, 0.5) is 11.4 Å². The molecule has 1 amide bonds. The fraction of sp³-hybridized carbons (Fsp3) is 0.0714. The molecule has 5 nitrogen and oxygen atoms in total. The number of nitro benzene ring substituents is 1. The maximum atomic E-state index is 11.1. The summed E-state index contributed by atoms with van der Waals surface area (Å²) in [5.74, 6) is -0.263. The Labute approximate surface area is 120 Å². The molecule has 0 saturated carbocycles. The Kier molecular flexibility index (Phi) is 4.37. The molecule has 0 radical (unpaired) electrons. The fourth-order valence-electron chi connectivity index (χ4n) is 1.65. The maximum Gasteiger partial charge on any atom is 0.272 e. The van der Waals surface area contributed by atoms with Crippen LogP contribution in [0, 0.1) is 10.1 Å². The van der Waals surface area contributed by atoms with Gasteiger partial charge in [0.2, 0.25) is 5.91 Å². The second kappa shape index (κ2) is 6.21. The number of nitrogens with zero attached hydrogens (tertiary/aromatic N) is 1. The van der Waals surface area contributed by atoms with Gasteiger partial charge in [-0.25, -0.2) is 0 Å². The molecule has 0 bridgehead atoms. The lowest BCUT2D eigenvalue weighted by Crippen LogP contribution is -2.06. The summed E-state index contributed by atoms with van der Waals surface area (Å²) in [4.78, 5) is 23.2. The van der Waals surface area contributed by atoms with Crippen molar-refractivity contribution in [2.75, 3.05) is 5.32 Å². The Morgan fingerprint density at radius 2 is 1.85 bits per heavy atom. The number of benzene rings is 2. The van der Waals surface area contributed by atoms with E-state index in [1.165, 1.54) is 30.8 Å². The molecule has 0 saturated heterocycles. The molecule has 0 unspecified atom stereocenters. The summed E-state index contributed by atoms with van der Waals surface area (Å²) in [7, 11) is 0. The van der Waals surface area contributed by atoms with Gasteiger partial charge in [0.1, 0.15) is 0 Å². The van der Waals surface area contributed by atoms with E-state index in [-0.39, 0.29) is 11.6 Å². The Balaban J connectivity index is 2.34. The van der Waals surface area contributed by atoms with Crippen LogP contribution in [0.1, 0.15) is 6.92 Å². The predicted molar refractivity (Wildman–Crippen MR) is 78.0 cm³/mol. The van der Waals surface area contributed by atoms with Crippen LogP contribution >= 0.6 is 11.8 Å². The first kappa shape index (κ1) is 14.1. The lowest BCUT2D eigenvalue weighted by molar-refractivity contribution is -0.385. The molecule has 0 heterocycles. The lowest BCUT2D eigenvalue weighted by atomic mass is 10.3. The highest BCUT2D eigenvalue weighted by molar-refractivity contribution is 7.99. The Bertz CT molecular complexity index is 644. The number of rotatable bonds is 4. The number of anilines is 1. The van der Waals surface area contributed by atoms with Gasteiger partial charge < -0.3 is 5.32 Å². The molecule has 1 N–H and O–H groups in total. The largest absolute Gasteiger partial charge is 0.326 e. The van der Waals surface area contributed by atoms with E-state index in [1.54, 1.807) is 6.07 Å². The zero-order valence-corrected chi connectivity index (χ0v) is 11.5. The van der Waals surface area contributed by atoms with Crippen LogP contribution in [0.15, 0.2) is 58.3 Å². The van der Waals surface area contributed by atoms with Crippen molar-refractivity contribution in [3.63, 3.8) is 0 Å². The molecule has 0 fully saturated rings. The number of hydrogen-bond acceptors (Lipinski definition) is 4. The van der Waals surface area contributed by atoms with Crippen LogP contribution in [0.25, 0.3) is 0 Å². The molecular weight excluding hydrogens is 276 g/mol. The Morgan fingerprint density at radius 1 is 1.15 bits per heavy atom. The van der Waals surface area contributed by atoms with E-state index in [0.29, 0.717) is 10.6 Å². The zero-order valence-electron chi connectivity index (χ0n) is 10.7. The number of carbonyl (C=O) groups is 1. The minimum atomic E-state index is -0.472. The molecule has 2 rings (SSSR count). The first-order valence-electron chi connectivity index (χ1n) is 5.84. The van der Waals surface area contributed by atoms with Crippen molar-refractivity contribution < 1.29 is 9.72 Å². The van der Waals surface area contributed by atoms with Gasteiger partial charge in [-0.05, 0) is 18.2 Å². The molecule has 0 aromatic heterocycles. The average Bonchev–Trinajstić information content (AvgIpc) is 2.38. The summed E-state index contributed by atoms with van der Waals surface area (Å²) in [6, 6.07) is 14.1. The van der Waals surface area contributed by atoms with Crippen LogP contribution in [0.2, 0.25) is 0 Å². The Hall–Kier alpha value is -2.34. The summed E-state index contributed by atoms with van der Waals surface area (Å²) < 4.78 is 0. The number of amides is 1. The van der Waals surface area contributed by atoms with Gasteiger partial charge in [0.05, 0.1) is 4.92 Å². The summed E-state index contributed by atoms with van der Waals surface area (Å²) in [6.07, 6.45) is 0. The topological polar surface area (TPSA) is 72.2 Å². The van der Waals surface area contributed by atoms with Gasteiger partial charge in [-0.2, -0.15) is 0 Å². The van der Waals surface area contributed by atoms with E-state index in [9.17, 15) is 14.9 Å². The third kappa shape index (κ3) is 3.83. The summed E-state index contributed by atoms with van der Waals surface area (Å²) >= 11 is 1.40. The van der Waals surface area contributed by atoms with Gasteiger partial charge in [-0.15, -0.1) is 0 Å². The highest BCUT2D eigenvalue weighted by atomic mass is 32.2. The second-order valence-corrected chi connectivity index (χ2v) is 5.22. The normalized spacial score (nSPS) is 10.1. The van der Waals surface area contributed by atoms with E-state index in [2.05, 4.69) is 5.32 Å². The van der Waals surface area contributed by atoms with Gasteiger partial charge in [-0.1, -0.05) is 30.0 Å². The van der Waals surface area contributed by atoms with E-state index in [4.69, 9.17) is 0 Å². The van der Waals surface area contributed by atoms with Crippen molar-refractivity contribution in [1.29, 1.82) is 0 Å². The van der Waals surface area contributed by atoms with Gasteiger partial charge in [0.25, 0.3) is 5.69 Å². The number of non-ortho nitro benzene ring substituents is 1. The quantitative estimate of drug-likeness (QED) is 0.687. The van der Waals surface area contributed by atoms with E-state index in [1.807, 2.05) is 30.3 Å². The van der Waals surface area contributed by atoms with Gasteiger partial charge >= 0.3 is 0 Å². The average molecular weight is 288 g/mol. The Morgan fingerprint density at radius 3 is 2.45 bits per heavy atom. The molecular formula is C14H12N2O3S. The standard InChI is InChI=1S/C14H12N2O3S/c1-10(17)15-11-7-12(16(18)19)9-14(8-11)20-13-5-3-2-4-6-13/h2-9H,1H3,(H,15,17).